The molecule has 41 heavy (non-hydrogen) atoms. The van der Waals surface area contributed by atoms with Crippen LogP contribution in [0.2, 0.25) is 5.02 Å². The van der Waals surface area contributed by atoms with Crippen LogP contribution >= 0.6 is 23.4 Å². The number of thioether (sulfide) groups is 1. The third-order valence-corrected chi connectivity index (χ3v) is 7.31. The van der Waals surface area contributed by atoms with E-state index >= 15 is 0 Å². The lowest BCUT2D eigenvalue weighted by molar-refractivity contribution is -0.212. The average Bonchev–Trinajstić information content (AvgIpc) is 3.37. The fourth-order valence-corrected chi connectivity index (χ4v) is 5.59. The topological polar surface area (TPSA) is 132 Å². The Hall–Kier alpha value is -3.62. The van der Waals surface area contributed by atoms with E-state index in [1.165, 1.54) is 51.0 Å². The minimum Gasteiger partial charge on any atom is -0.463 e. The van der Waals surface area contributed by atoms with E-state index in [0.29, 0.717) is 9.92 Å². The number of rotatable bonds is 8. The molecule has 1 aliphatic rings. The van der Waals surface area contributed by atoms with Gasteiger partial charge >= 0.3 is 17.9 Å². The van der Waals surface area contributed by atoms with Crippen LogP contribution in [-0.2, 0) is 33.3 Å². The number of carbonyl (C=O) groups excluding carboxylic acids is 3. The summed E-state index contributed by atoms with van der Waals surface area (Å²) in [5.74, 6) is -3.54. The molecule has 0 saturated carbocycles. The number of pyridine rings is 1. The maximum Gasteiger partial charge on any atom is 0.303 e. The van der Waals surface area contributed by atoms with Crippen LogP contribution in [0.1, 0.15) is 32.4 Å². The highest BCUT2D eigenvalue weighted by Crippen LogP contribution is 2.41. The maximum atomic E-state index is 14.3. The largest absolute Gasteiger partial charge is 0.463 e. The zero-order valence-electron chi connectivity index (χ0n) is 22.2. The van der Waals surface area contributed by atoms with Crippen molar-refractivity contribution in [3.05, 3.63) is 59.0 Å². The summed E-state index contributed by atoms with van der Waals surface area (Å²) < 4.78 is 52.5. The summed E-state index contributed by atoms with van der Waals surface area (Å²) >= 11 is 7.21. The zero-order chi connectivity index (χ0) is 29.8. The second-order valence-corrected chi connectivity index (χ2v) is 10.7. The SMILES string of the molecule is CC(=O)OCC1O[C@H](Sc2cncc(Cl)c2)C(OC(C)=O)C(n2cc(-c3cc(F)c(C)c(F)c3)nn2)[C@H]1OC(C)=O. The van der Waals surface area contributed by atoms with Crippen LogP contribution in [0.3, 0.4) is 0 Å². The van der Waals surface area contributed by atoms with Gasteiger partial charge in [0.15, 0.2) is 12.2 Å². The Morgan fingerprint density at radius 2 is 1.68 bits per heavy atom. The van der Waals surface area contributed by atoms with Crippen LogP contribution in [0.25, 0.3) is 11.3 Å². The summed E-state index contributed by atoms with van der Waals surface area (Å²) in [6, 6.07) is 2.76. The Bertz CT molecular complexity index is 1440. The number of carbonyl (C=O) groups is 3. The van der Waals surface area contributed by atoms with Crippen molar-refractivity contribution < 1.29 is 42.1 Å². The Morgan fingerprint density at radius 3 is 2.29 bits per heavy atom. The number of halogens is 3. The molecule has 0 spiro atoms. The third-order valence-electron chi connectivity index (χ3n) is 6.00. The zero-order valence-corrected chi connectivity index (χ0v) is 23.8. The Kier molecular flexibility index (Phi) is 9.56. The summed E-state index contributed by atoms with van der Waals surface area (Å²) in [5.41, 5.74) is -0.931. The van der Waals surface area contributed by atoms with Crippen LogP contribution in [0.15, 0.2) is 41.7 Å². The van der Waals surface area contributed by atoms with Gasteiger partial charge in [-0.3, -0.25) is 19.4 Å². The fourth-order valence-electron chi connectivity index (χ4n) is 4.22. The number of aromatic nitrogens is 4. The summed E-state index contributed by atoms with van der Waals surface area (Å²) in [5, 5.41) is 8.54. The lowest BCUT2D eigenvalue weighted by Crippen LogP contribution is -2.57. The number of nitrogens with zero attached hydrogens (tertiary/aromatic N) is 4. The van der Waals surface area contributed by atoms with Crippen molar-refractivity contribution in [1.82, 2.24) is 20.0 Å². The van der Waals surface area contributed by atoms with Gasteiger partial charge in [-0.05, 0) is 25.1 Å². The first-order chi connectivity index (χ1) is 19.4. The average molecular weight is 611 g/mol. The number of hydrogen-bond donors (Lipinski definition) is 0. The van der Waals surface area contributed by atoms with E-state index in [-0.39, 0.29) is 23.4 Å². The molecule has 0 N–H and O–H groups in total. The van der Waals surface area contributed by atoms with Gasteiger partial charge in [0.2, 0.25) is 0 Å². The highest BCUT2D eigenvalue weighted by molar-refractivity contribution is 7.99. The molecular formula is C26H25ClF2N4O7S. The van der Waals surface area contributed by atoms with Gasteiger partial charge in [0, 0.05) is 49.2 Å². The predicted molar refractivity (Wildman–Crippen MR) is 141 cm³/mol. The van der Waals surface area contributed by atoms with Crippen molar-refractivity contribution in [3.8, 4) is 11.3 Å². The van der Waals surface area contributed by atoms with E-state index in [0.717, 1.165) is 23.9 Å². The van der Waals surface area contributed by atoms with E-state index < -0.39 is 59.3 Å². The summed E-state index contributed by atoms with van der Waals surface area (Å²) in [4.78, 5) is 40.7. The highest BCUT2D eigenvalue weighted by atomic mass is 35.5. The number of esters is 3. The van der Waals surface area contributed by atoms with Crippen molar-refractivity contribution in [1.29, 1.82) is 0 Å². The molecule has 15 heteroatoms. The Balaban J connectivity index is 1.82. The molecule has 11 nitrogen and oxygen atoms in total. The van der Waals surface area contributed by atoms with Gasteiger partial charge < -0.3 is 18.9 Å². The van der Waals surface area contributed by atoms with Gasteiger partial charge in [0.1, 0.15) is 41.5 Å². The molecule has 3 heterocycles. The van der Waals surface area contributed by atoms with E-state index in [4.69, 9.17) is 30.5 Å². The molecule has 3 aromatic rings. The predicted octanol–water partition coefficient (Wildman–Crippen LogP) is 4.06. The molecule has 4 rings (SSSR count). The second-order valence-electron chi connectivity index (χ2n) is 9.09. The van der Waals surface area contributed by atoms with Crippen LogP contribution < -0.4 is 0 Å². The molecular weight excluding hydrogens is 586 g/mol. The van der Waals surface area contributed by atoms with E-state index in [2.05, 4.69) is 15.3 Å². The first-order valence-electron chi connectivity index (χ1n) is 12.2. The molecule has 0 amide bonds. The molecule has 218 valence electrons. The summed E-state index contributed by atoms with van der Waals surface area (Å²) in [6.45, 7) is 4.55. The molecule has 1 saturated heterocycles. The molecule has 1 aliphatic heterocycles. The van der Waals surface area contributed by atoms with Crippen molar-refractivity contribution >= 4 is 41.3 Å². The lowest BCUT2D eigenvalue weighted by Gasteiger charge is -2.44. The summed E-state index contributed by atoms with van der Waals surface area (Å²) in [7, 11) is 0. The van der Waals surface area contributed by atoms with Gasteiger partial charge in [-0.1, -0.05) is 28.6 Å². The van der Waals surface area contributed by atoms with Gasteiger partial charge in [-0.25, -0.2) is 13.5 Å². The van der Waals surface area contributed by atoms with Crippen LogP contribution in [-0.4, -0.2) is 68.2 Å². The fraction of sp³-hybridized carbons (Fsp3) is 0.385. The molecule has 0 radical (unpaired) electrons. The minimum absolute atomic E-state index is 0.0947. The molecule has 0 aliphatic carbocycles. The van der Waals surface area contributed by atoms with Gasteiger partial charge in [-0.2, -0.15) is 0 Å². The molecule has 1 fully saturated rings. The van der Waals surface area contributed by atoms with Gasteiger partial charge in [0.25, 0.3) is 0 Å². The summed E-state index contributed by atoms with van der Waals surface area (Å²) in [6.07, 6.45) is 0.923. The third kappa shape index (κ3) is 7.37. The Labute approximate surface area is 242 Å². The molecule has 3 unspecified atom stereocenters. The second kappa shape index (κ2) is 12.9. The lowest BCUT2D eigenvalue weighted by atomic mass is 9.96. The van der Waals surface area contributed by atoms with Crippen LogP contribution in [0.4, 0.5) is 8.78 Å². The standard InChI is InChI=1S/C26H25ClF2N4O7S/c1-12-19(28)5-16(6-20(12)29)21-10-33(32-31-21)23-24(38-14(3)35)22(11-37-13(2)34)40-26(25(23)39-15(4)36)41-18-7-17(27)8-30-9-18/h5-10,22-26H,11H2,1-4H3/t22?,23?,24-,25?,26+/m0/s1. The van der Waals surface area contributed by atoms with Crippen molar-refractivity contribution in [2.24, 2.45) is 0 Å². The quantitative estimate of drug-likeness (QED) is 0.270. The minimum atomic E-state index is -1.20. The van der Waals surface area contributed by atoms with Crippen LogP contribution in [0.5, 0.6) is 0 Å². The first kappa shape index (κ1) is 30.3. The van der Waals surface area contributed by atoms with E-state index in [1.54, 1.807) is 6.07 Å². The maximum absolute atomic E-state index is 14.3. The molecule has 2 aromatic heterocycles. The highest BCUT2D eigenvalue weighted by Gasteiger charge is 2.52. The number of ether oxygens (including phenoxy) is 4. The molecule has 1 aromatic carbocycles. The monoisotopic (exact) mass is 610 g/mol. The van der Waals surface area contributed by atoms with Crippen molar-refractivity contribution in [2.75, 3.05) is 6.61 Å². The smallest absolute Gasteiger partial charge is 0.303 e. The molecule has 5 atom stereocenters. The normalized spacial score (nSPS) is 22.2. The number of hydrogen-bond acceptors (Lipinski definition) is 11. The molecule has 0 bridgehead atoms. The van der Waals surface area contributed by atoms with Crippen LogP contribution in [0, 0.1) is 18.6 Å². The first-order valence-corrected chi connectivity index (χ1v) is 13.5. The van der Waals surface area contributed by atoms with Gasteiger partial charge in [0.05, 0.1) is 11.2 Å². The van der Waals surface area contributed by atoms with E-state index in [9.17, 15) is 23.2 Å². The number of benzene rings is 1. The van der Waals surface area contributed by atoms with Gasteiger partial charge in [-0.15, -0.1) is 5.10 Å². The Morgan fingerprint density at radius 1 is 1.02 bits per heavy atom. The van der Waals surface area contributed by atoms with Crippen molar-refractivity contribution in [2.45, 2.75) is 62.4 Å². The van der Waals surface area contributed by atoms with E-state index in [1.807, 2.05) is 0 Å². The van der Waals surface area contributed by atoms with Crippen molar-refractivity contribution in [3.63, 3.8) is 0 Å².